The number of alkyl halides is 9. The molecule has 0 fully saturated rings. The molecule has 32 heavy (non-hydrogen) atoms. The van der Waals surface area contributed by atoms with E-state index in [0.29, 0.717) is 30.3 Å². The molecule has 0 aromatic carbocycles. The fourth-order valence-electron chi connectivity index (χ4n) is 3.44. The molecular formula is C20H25F9O2S. The minimum Gasteiger partial charge on any atom is -0.488 e. The first-order valence-electron chi connectivity index (χ1n) is 10.1. The van der Waals surface area contributed by atoms with Crippen LogP contribution in [0, 0.1) is 11.3 Å². The smallest absolute Gasteiger partial charge is 0.460 e. The third-order valence-corrected chi connectivity index (χ3v) is 6.28. The molecule has 0 spiro atoms. The molecule has 0 N–H and O–H groups in total. The highest BCUT2D eigenvalue weighted by molar-refractivity contribution is 7.08. The Bertz CT molecular complexity index is 721. The second-order valence-corrected chi connectivity index (χ2v) is 9.41. The summed E-state index contributed by atoms with van der Waals surface area (Å²) in [5, 5.41) is 3.19. The van der Waals surface area contributed by atoms with Crippen LogP contribution < -0.4 is 9.47 Å². The first-order valence-corrected chi connectivity index (χ1v) is 11.0. The van der Waals surface area contributed by atoms with Gasteiger partial charge in [0.2, 0.25) is 0 Å². The number of thiophene rings is 1. The van der Waals surface area contributed by atoms with Crippen LogP contribution in [-0.4, -0.2) is 37.2 Å². The fourth-order valence-corrected chi connectivity index (χ4v) is 4.12. The van der Waals surface area contributed by atoms with Crippen LogP contribution in [0.3, 0.4) is 0 Å². The Morgan fingerprint density at radius 1 is 0.844 bits per heavy atom. The predicted octanol–water partition coefficient (Wildman–Crippen LogP) is 7.97. The van der Waals surface area contributed by atoms with Crippen LogP contribution >= 0.6 is 11.3 Å². The molecule has 12 heteroatoms. The summed E-state index contributed by atoms with van der Waals surface area (Å²) in [6.07, 6.45) is -7.27. The molecule has 0 saturated carbocycles. The lowest BCUT2D eigenvalue weighted by Crippen LogP contribution is -2.61. The number of rotatable bonds is 10. The van der Waals surface area contributed by atoms with E-state index in [1.54, 1.807) is 10.8 Å². The first-order chi connectivity index (χ1) is 14.5. The highest BCUT2D eigenvalue weighted by Gasteiger charge is 2.81. The summed E-state index contributed by atoms with van der Waals surface area (Å²) < 4.78 is 130. The molecule has 0 bridgehead atoms. The van der Waals surface area contributed by atoms with Crippen molar-refractivity contribution in [1.82, 2.24) is 0 Å². The highest BCUT2D eigenvalue weighted by atomic mass is 32.1. The van der Waals surface area contributed by atoms with Gasteiger partial charge in [-0.15, -0.1) is 11.3 Å². The molecule has 1 aromatic heterocycles. The zero-order valence-corrected chi connectivity index (χ0v) is 18.3. The third-order valence-electron chi connectivity index (χ3n) is 5.58. The van der Waals surface area contributed by atoms with E-state index in [1.165, 1.54) is 11.3 Å². The van der Waals surface area contributed by atoms with Gasteiger partial charge < -0.3 is 9.47 Å². The average molecular weight is 500 g/mol. The monoisotopic (exact) mass is 500 g/mol. The fraction of sp³-hybridized carbons (Fsp3) is 0.800. The van der Waals surface area contributed by atoms with Crippen molar-refractivity contribution in [2.24, 2.45) is 11.3 Å². The summed E-state index contributed by atoms with van der Waals surface area (Å²) in [5.41, 5.74) is -1.25. The molecule has 2 rings (SSSR count). The summed E-state index contributed by atoms with van der Waals surface area (Å²) in [6.45, 7) is 3.54. The number of hydrogen-bond donors (Lipinski definition) is 0. The van der Waals surface area contributed by atoms with Crippen molar-refractivity contribution in [2.75, 3.05) is 13.2 Å². The van der Waals surface area contributed by atoms with Crippen molar-refractivity contribution in [2.45, 2.75) is 76.3 Å². The molecule has 0 unspecified atom stereocenters. The predicted molar refractivity (Wildman–Crippen MR) is 101 cm³/mol. The second-order valence-electron chi connectivity index (χ2n) is 8.67. The van der Waals surface area contributed by atoms with Crippen LogP contribution in [0.15, 0.2) is 10.8 Å². The maximum Gasteiger partial charge on any atom is 0.460 e. The lowest BCUT2D eigenvalue weighted by Gasteiger charge is -2.37. The Hall–Kier alpha value is -1.33. The Morgan fingerprint density at radius 2 is 1.38 bits per heavy atom. The van der Waals surface area contributed by atoms with E-state index >= 15 is 0 Å². The van der Waals surface area contributed by atoms with E-state index < -0.39 is 42.2 Å². The van der Waals surface area contributed by atoms with Crippen LogP contribution in [0.1, 0.15) is 52.4 Å². The molecule has 0 amide bonds. The van der Waals surface area contributed by atoms with E-state index in [-0.39, 0.29) is 19.6 Å². The molecule has 0 radical (unpaired) electrons. The van der Waals surface area contributed by atoms with Crippen molar-refractivity contribution in [1.29, 1.82) is 0 Å². The quantitative estimate of drug-likeness (QED) is 0.240. The molecule has 186 valence electrons. The van der Waals surface area contributed by atoms with Gasteiger partial charge in [-0.05, 0) is 18.8 Å². The Morgan fingerprint density at radius 3 is 1.84 bits per heavy atom. The van der Waals surface area contributed by atoms with Gasteiger partial charge in [-0.1, -0.05) is 33.1 Å². The van der Waals surface area contributed by atoms with Gasteiger partial charge in [-0.25, -0.2) is 0 Å². The van der Waals surface area contributed by atoms with Crippen LogP contribution in [0.2, 0.25) is 0 Å². The Labute approximate surface area is 184 Å². The van der Waals surface area contributed by atoms with Crippen molar-refractivity contribution in [3.63, 3.8) is 0 Å². The number of unbranched alkanes of at least 4 members (excludes halogenated alkanes) is 1. The molecule has 1 aliphatic rings. The zero-order valence-electron chi connectivity index (χ0n) is 17.5. The minimum absolute atomic E-state index is 0.199. The molecule has 0 saturated heterocycles. The largest absolute Gasteiger partial charge is 0.488 e. The number of hydrogen-bond acceptors (Lipinski definition) is 3. The van der Waals surface area contributed by atoms with Crippen LogP contribution in [-0.2, 0) is 0 Å². The SMILES string of the molecule is CC(C)CCCCC1(CCC(F)(F)C(F)(F)C(F)(F)C(F)(F)F)COc2cscc2OC1. The van der Waals surface area contributed by atoms with Crippen molar-refractivity contribution >= 4 is 11.3 Å². The van der Waals surface area contributed by atoms with Gasteiger partial charge in [0.1, 0.15) is 0 Å². The topological polar surface area (TPSA) is 18.5 Å². The Kier molecular flexibility index (Phi) is 7.99. The van der Waals surface area contributed by atoms with Gasteiger partial charge in [0, 0.05) is 22.6 Å². The third kappa shape index (κ3) is 5.59. The van der Waals surface area contributed by atoms with Gasteiger partial charge >= 0.3 is 23.9 Å². The zero-order chi connectivity index (χ0) is 24.4. The van der Waals surface area contributed by atoms with Crippen LogP contribution in [0.5, 0.6) is 11.5 Å². The van der Waals surface area contributed by atoms with E-state index in [2.05, 4.69) is 0 Å². The summed E-state index contributed by atoms with van der Waals surface area (Å²) >= 11 is 1.26. The molecule has 0 atom stereocenters. The number of fused-ring (bicyclic) bond motifs is 1. The standard InChI is InChI=1S/C20H25F9O2S/c1-13(2)5-3-4-6-16(11-30-14-9-32-10-15(14)31-12-16)7-8-17(21,22)18(23,24)19(25,26)20(27,28)29/h9-10,13H,3-8,11-12H2,1-2H3. The lowest BCUT2D eigenvalue weighted by molar-refractivity contribution is -0.397. The van der Waals surface area contributed by atoms with Crippen LogP contribution in [0.4, 0.5) is 39.5 Å². The van der Waals surface area contributed by atoms with Gasteiger partial charge in [-0.3, -0.25) is 0 Å². The summed E-state index contributed by atoms with van der Waals surface area (Å²) in [7, 11) is 0. The summed E-state index contributed by atoms with van der Waals surface area (Å²) in [5.74, 6) is -18.1. The summed E-state index contributed by atoms with van der Waals surface area (Å²) in [4.78, 5) is 0. The molecule has 2 nitrogen and oxygen atoms in total. The molecule has 2 heterocycles. The van der Waals surface area contributed by atoms with Crippen molar-refractivity contribution < 1.29 is 49.0 Å². The van der Waals surface area contributed by atoms with E-state index in [0.717, 1.165) is 6.42 Å². The maximum atomic E-state index is 14.1. The maximum absolute atomic E-state index is 14.1. The van der Waals surface area contributed by atoms with Gasteiger partial charge in [0.15, 0.2) is 11.5 Å². The number of halogens is 9. The molecule has 1 aliphatic heterocycles. The van der Waals surface area contributed by atoms with E-state index in [4.69, 9.17) is 9.47 Å². The highest BCUT2D eigenvalue weighted by Crippen LogP contribution is 2.55. The Balaban J connectivity index is 2.18. The van der Waals surface area contributed by atoms with Crippen molar-refractivity contribution in [3.8, 4) is 11.5 Å². The molecule has 1 aromatic rings. The number of ether oxygens (including phenoxy) is 2. The minimum atomic E-state index is -6.88. The normalized spacial score (nSPS) is 17.5. The molecule has 0 aliphatic carbocycles. The van der Waals surface area contributed by atoms with Crippen LogP contribution in [0.25, 0.3) is 0 Å². The first kappa shape index (κ1) is 26.9. The van der Waals surface area contributed by atoms with Gasteiger partial charge in [0.25, 0.3) is 0 Å². The average Bonchev–Trinajstić information content (AvgIpc) is 3.05. The summed E-state index contributed by atoms with van der Waals surface area (Å²) in [6, 6.07) is 0. The van der Waals surface area contributed by atoms with Gasteiger partial charge in [-0.2, -0.15) is 39.5 Å². The van der Waals surface area contributed by atoms with E-state index in [1.807, 2.05) is 13.8 Å². The lowest BCUT2D eigenvalue weighted by atomic mass is 9.78. The van der Waals surface area contributed by atoms with Gasteiger partial charge in [0.05, 0.1) is 13.2 Å². The second kappa shape index (κ2) is 9.50. The molecular weight excluding hydrogens is 475 g/mol. The van der Waals surface area contributed by atoms with E-state index in [9.17, 15) is 39.5 Å². The van der Waals surface area contributed by atoms with Crippen molar-refractivity contribution in [3.05, 3.63) is 10.8 Å².